The maximum absolute atomic E-state index is 12.9. The molecule has 0 aromatic heterocycles. The first-order valence-corrected chi connectivity index (χ1v) is 10.3. The van der Waals surface area contributed by atoms with Crippen molar-refractivity contribution in [1.29, 1.82) is 0 Å². The molecular formula is C24H30N2O3. The number of benzene rings is 2. The average Bonchev–Trinajstić information content (AvgIpc) is 2.72. The first-order chi connectivity index (χ1) is 13.9. The fraction of sp³-hybridized carbons (Fsp3) is 0.417. The van der Waals surface area contributed by atoms with E-state index < -0.39 is 6.10 Å². The highest BCUT2D eigenvalue weighted by Crippen LogP contribution is 2.25. The zero-order valence-corrected chi connectivity index (χ0v) is 17.7. The lowest BCUT2D eigenvalue weighted by molar-refractivity contribution is -0.122. The summed E-state index contributed by atoms with van der Waals surface area (Å²) < 4.78 is 5.95. The summed E-state index contributed by atoms with van der Waals surface area (Å²) in [5, 5.41) is 2.89. The van der Waals surface area contributed by atoms with Crippen LogP contribution in [0.1, 0.15) is 53.2 Å². The van der Waals surface area contributed by atoms with Crippen LogP contribution in [0.3, 0.4) is 0 Å². The Morgan fingerprint density at radius 1 is 1.03 bits per heavy atom. The van der Waals surface area contributed by atoms with Crippen LogP contribution in [0.4, 0.5) is 5.69 Å². The van der Waals surface area contributed by atoms with Crippen LogP contribution in [0.5, 0.6) is 5.75 Å². The van der Waals surface area contributed by atoms with Crippen molar-refractivity contribution in [3.05, 3.63) is 58.7 Å². The van der Waals surface area contributed by atoms with Crippen molar-refractivity contribution in [3.63, 3.8) is 0 Å². The van der Waals surface area contributed by atoms with E-state index in [1.165, 1.54) is 0 Å². The number of hydrogen-bond acceptors (Lipinski definition) is 3. The van der Waals surface area contributed by atoms with Gasteiger partial charge in [0.15, 0.2) is 6.10 Å². The van der Waals surface area contributed by atoms with E-state index in [1.807, 2.05) is 43.9 Å². The first-order valence-electron chi connectivity index (χ1n) is 10.3. The monoisotopic (exact) mass is 394 g/mol. The Bertz CT molecular complexity index is 901. The summed E-state index contributed by atoms with van der Waals surface area (Å²) in [6, 6.07) is 11.2. The SMILES string of the molecule is Cc1cc(C)c(C)c(O[C@H](C)C(=O)Nc2ccccc2C(=O)N2CCCCC2)c1. The van der Waals surface area contributed by atoms with E-state index in [9.17, 15) is 9.59 Å². The zero-order chi connectivity index (χ0) is 21.0. The Hall–Kier alpha value is -2.82. The van der Waals surface area contributed by atoms with Crippen molar-refractivity contribution < 1.29 is 14.3 Å². The summed E-state index contributed by atoms with van der Waals surface area (Å²) in [6.07, 6.45) is 2.53. The molecule has 0 radical (unpaired) electrons. The second kappa shape index (κ2) is 9.12. The fourth-order valence-electron chi connectivity index (χ4n) is 3.65. The molecule has 1 fully saturated rings. The molecule has 1 atom stereocenters. The molecule has 2 aromatic carbocycles. The van der Waals surface area contributed by atoms with E-state index in [-0.39, 0.29) is 11.8 Å². The van der Waals surface area contributed by atoms with Gasteiger partial charge in [0.1, 0.15) is 5.75 Å². The van der Waals surface area contributed by atoms with Crippen LogP contribution in [0.15, 0.2) is 36.4 Å². The molecule has 29 heavy (non-hydrogen) atoms. The maximum Gasteiger partial charge on any atom is 0.265 e. The minimum Gasteiger partial charge on any atom is -0.481 e. The van der Waals surface area contributed by atoms with Gasteiger partial charge >= 0.3 is 0 Å². The number of carbonyl (C=O) groups is 2. The van der Waals surface area contributed by atoms with Gasteiger partial charge in [-0.3, -0.25) is 9.59 Å². The molecule has 1 heterocycles. The predicted molar refractivity (Wildman–Crippen MR) is 116 cm³/mol. The topological polar surface area (TPSA) is 58.6 Å². The third-order valence-corrected chi connectivity index (χ3v) is 5.50. The number of rotatable bonds is 5. The van der Waals surface area contributed by atoms with E-state index >= 15 is 0 Å². The predicted octanol–water partition coefficient (Wildman–Crippen LogP) is 4.64. The van der Waals surface area contributed by atoms with E-state index in [0.717, 1.165) is 49.0 Å². The third-order valence-electron chi connectivity index (χ3n) is 5.50. The lowest BCUT2D eigenvalue weighted by Crippen LogP contribution is -2.36. The molecule has 0 aliphatic carbocycles. The molecule has 2 aromatic rings. The van der Waals surface area contributed by atoms with Gasteiger partial charge in [-0.15, -0.1) is 0 Å². The fourth-order valence-corrected chi connectivity index (χ4v) is 3.65. The van der Waals surface area contributed by atoms with Crippen LogP contribution >= 0.6 is 0 Å². The molecule has 2 amide bonds. The number of carbonyl (C=O) groups excluding carboxylic acids is 2. The average molecular weight is 395 g/mol. The summed E-state index contributed by atoms with van der Waals surface area (Å²) in [5.41, 5.74) is 4.30. The molecule has 5 heteroatoms. The largest absolute Gasteiger partial charge is 0.481 e. The highest BCUT2D eigenvalue weighted by Gasteiger charge is 2.23. The number of hydrogen-bond donors (Lipinski definition) is 1. The molecule has 3 rings (SSSR count). The van der Waals surface area contributed by atoms with Gasteiger partial charge in [0.2, 0.25) is 0 Å². The minimum absolute atomic E-state index is 0.0284. The molecule has 1 aliphatic rings. The summed E-state index contributed by atoms with van der Waals surface area (Å²) >= 11 is 0. The van der Waals surface area contributed by atoms with E-state index in [0.29, 0.717) is 17.0 Å². The lowest BCUT2D eigenvalue weighted by atomic mass is 10.1. The molecule has 1 saturated heterocycles. The summed E-state index contributed by atoms with van der Waals surface area (Å²) in [7, 11) is 0. The molecule has 1 aliphatic heterocycles. The molecule has 5 nitrogen and oxygen atoms in total. The Morgan fingerprint density at radius 2 is 1.72 bits per heavy atom. The van der Waals surface area contributed by atoms with Gasteiger partial charge in [0, 0.05) is 13.1 Å². The second-order valence-corrected chi connectivity index (χ2v) is 7.85. The van der Waals surface area contributed by atoms with Crippen LogP contribution in [0, 0.1) is 20.8 Å². The molecular weight excluding hydrogens is 364 g/mol. The van der Waals surface area contributed by atoms with Crippen molar-refractivity contribution in [2.75, 3.05) is 18.4 Å². The van der Waals surface area contributed by atoms with Crippen LogP contribution in [0.2, 0.25) is 0 Å². The van der Waals surface area contributed by atoms with Crippen molar-refractivity contribution >= 4 is 17.5 Å². The van der Waals surface area contributed by atoms with Crippen molar-refractivity contribution in [1.82, 2.24) is 4.90 Å². The normalized spacial score (nSPS) is 15.0. The van der Waals surface area contributed by atoms with Gasteiger partial charge in [0.05, 0.1) is 11.3 Å². The highest BCUT2D eigenvalue weighted by atomic mass is 16.5. The van der Waals surface area contributed by atoms with Crippen molar-refractivity contribution in [3.8, 4) is 5.75 Å². The van der Waals surface area contributed by atoms with Crippen LogP contribution in [0.25, 0.3) is 0 Å². The molecule has 1 N–H and O–H groups in total. The van der Waals surface area contributed by atoms with Crippen molar-refractivity contribution in [2.45, 2.75) is 53.1 Å². The second-order valence-electron chi connectivity index (χ2n) is 7.85. The Kier molecular flexibility index (Phi) is 6.57. The molecule has 0 saturated carbocycles. The number of amides is 2. The van der Waals surface area contributed by atoms with Gasteiger partial charge in [0.25, 0.3) is 11.8 Å². The van der Waals surface area contributed by atoms with Gasteiger partial charge in [-0.05, 0) is 81.8 Å². The number of ether oxygens (including phenoxy) is 1. The first kappa shape index (κ1) is 20.9. The van der Waals surface area contributed by atoms with E-state index in [4.69, 9.17) is 4.74 Å². The third kappa shape index (κ3) is 4.97. The summed E-state index contributed by atoms with van der Waals surface area (Å²) in [5.74, 6) is 0.407. The van der Waals surface area contributed by atoms with E-state index in [1.54, 1.807) is 19.1 Å². The molecule has 0 spiro atoms. The highest BCUT2D eigenvalue weighted by molar-refractivity contribution is 6.04. The number of nitrogens with zero attached hydrogens (tertiary/aromatic N) is 1. The molecule has 154 valence electrons. The Balaban J connectivity index is 1.73. The van der Waals surface area contributed by atoms with Gasteiger partial charge in [-0.2, -0.15) is 0 Å². The number of nitrogens with one attached hydrogen (secondary N) is 1. The number of piperidine rings is 1. The summed E-state index contributed by atoms with van der Waals surface area (Å²) in [6.45, 7) is 9.29. The minimum atomic E-state index is -0.687. The van der Waals surface area contributed by atoms with Crippen LogP contribution in [-0.2, 0) is 4.79 Å². The smallest absolute Gasteiger partial charge is 0.265 e. The molecule has 0 bridgehead atoms. The van der Waals surface area contributed by atoms with Crippen LogP contribution < -0.4 is 10.1 Å². The number of para-hydroxylation sites is 1. The van der Waals surface area contributed by atoms with Crippen molar-refractivity contribution in [2.24, 2.45) is 0 Å². The van der Waals surface area contributed by atoms with Crippen LogP contribution in [-0.4, -0.2) is 35.9 Å². The van der Waals surface area contributed by atoms with Gasteiger partial charge < -0.3 is 15.0 Å². The van der Waals surface area contributed by atoms with Gasteiger partial charge in [-0.1, -0.05) is 18.2 Å². The Labute approximate surface area is 173 Å². The lowest BCUT2D eigenvalue weighted by Gasteiger charge is -2.27. The maximum atomic E-state index is 12.9. The number of likely N-dealkylation sites (tertiary alicyclic amines) is 1. The number of anilines is 1. The zero-order valence-electron chi connectivity index (χ0n) is 17.7. The standard InChI is InChI=1S/C24H30N2O3/c1-16-14-17(2)18(3)22(15-16)29-19(4)23(27)25-21-11-7-6-10-20(21)24(28)26-12-8-5-9-13-26/h6-7,10-11,14-15,19H,5,8-9,12-13H2,1-4H3,(H,25,27)/t19-/m1/s1. The van der Waals surface area contributed by atoms with E-state index in [2.05, 4.69) is 11.4 Å². The molecule has 0 unspecified atom stereocenters. The van der Waals surface area contributed by atoms with Gasteiger partial charge in [-0.25, -0.2) is 0 Å². The summed E-state index contributed by atoms with van der Waals surface area (Å²) in [4.78, 5) is 27.6. The number of aryl methyl sites for hydroxylation is 2. The Morgan fingerprint density at radius 3 is 2.45 bits per heavy atom. The quantitative estimate of drug-likeness (QED) is 0.803.